The zero-order chi connectivity index (χ0) is 19.1. The molecule has 0 bridgehead atoms. The van der Waals surface area contributed by atoms with Crippen LogP contribution >= 0.6 is 11.6 Å². The lowest BCUT2D eigenvalue weighted by molar-refractivity contribution is -0.143. The van der Waals surface area contributed by atoms with Crippen LogP contribution in [0.5, 0.6) is 0 Å². The van der Waals surface area contributed by atoms with Crippen molar-refractivity contribution >= 4 is 23.5 Å². The van der Waals surface area contributed by atoms with E-state index in [2.05, 4.69) is 24.0 Å². The highest BCUT2D eigenvalue weighted by Gasteiger charge is 2.24. The van der Waals surface area contributed by atoms with Crippen LogP contribution in [0.3, 0.4) is 0 Å². The number of amides is 1. The molecule has 2 heterocycles. The third-order valence-electron chi connectivity index (χ3n) is 4.84. The molecule has 0 saturated carbocycles. The second-order valence-corrected chi connectivity index (χ2v) is 7.17. The Hall–Kier alpha value is -1.60. The molecule has 0 atom stereocenters. The predicted octanol–water partition coefficient (Wildman–Crippen LogP) is 1.97. The number of aromatic nitrogens is 2. The Bertz CT molecular complexity index is 610. The van der Waals surface area contributed by atoms with E-state index >= 15 is 0 Å². The Labute approximate surface area is 160 Å². The van der Waals surface area contributed by atoms with Crippen LogP contribution in [0.25, 0.3) is 0 Å². The number of ether oxygens (including phenoxy) is 1. The summed E-state index contributed by atoms with van der Waals surface area (Å²) in [7, 11) is 4.17. The van der Waals surface area contributed by atoms with Gasteiger partial charge in [0.25, 0.3) is 0 Å². The standard InChI is InChI=1S/C18H29ClN4O3/c1-4-26-18(25)9-12-23-15(19)13-20-16(23)5-6-17(24)22-10-7-14(8-11-22)21(2)3/h13-14H,4-12H2,1-3H3. The van der Waals surface area contributed by atoms with Gasteiger partial charge in [0.1, 0.15) is 11.0 Å². The van der Waals surface area contributed by atoms with Crippen molar-refractivity contribution in [1.82, 2.24) is 19.4 Å². The van der Waals surface area contributed by atoms with Crippen molar-refractivity contribution in [3.63, 3.8) is 0 Å². The van der Waals surface area contributed by atoms with Crippen LogP contribution in [-0.2, 0) is 27.3 Å². The molecule has 146 valence electrons. The third-order valence-corrected chi connectivity index (χ3v) is 5.15. The largest absolute Gasteiger partial charge is 0.466 e. The van der Waals surface area contributed by atoms with E-state index in [9.17, 15) is 9.59 Å². The van der Waals surface area contributed by atoms with Crippen molar-refractivity contribution in [2.45, 2.75) is 51.6 Å². The van der Waals surface area contributed by atoms with E-state index < -0.39 is 0 Å². The minimum atomic E-state index is -0.261. The van der Waals surface area contributed by atoms with Crippen LogP contribution in [0, 0.1) is 0 Å². The first-order valence-corrected chi connectivity index (χ1v) is 9.59. The molecular weight excluding hydrogens is 356 g/mol. The maximum atomic E-state index is 12.5. The number of carbonyl (C=O) groups excluding carboxylic acids is 2. The number of nitrogens with zero attached hydrogens (tertiary/aromatic N) is 4. The van der Waals surface area contributed by atoms with E-state index in [0.717, 1.165) is 31.8 Å². The highest BCUT2D eigenvalue weighted by atomic mass is 35.5. The third kappa shape index (κ3) is 5.71. The van der Waals surface area contributed by atoms with Crippen LogP contribution in [0.4, 0.5) is 0 Å². The molecule has 8 heteroatoms. The van der Waals surface area contributed by atoms with E-state index in [0.29, 0.717) is 37.2 Å². The predicted molar refractivity (Wildman–Crippen MR) is 100 cm³/mol. The highest BCUT2D eigenvalue weighted by molar-refractivity contribution is 6.29. The summed E-state index contributed by atoms with van der Waals surface area (Å²) >= 11 is 6.16. The summed E-state index contributed by atoms with van der Waals surface area (Å²) in [4.78, 5) is 32.5. The van der Waals surface area contributed by atoms with Gasteiger partial charge in [-0.2, -0.15) is 0 Å². The molecule has 1 aliphatic rings. The number of rotatable bonds is 8. The van der Waals surface area contributed by atoms with Crippen molar-refractivity contribution < 1.29 is 14.3 Å². The van der Waals surface area contributed by atoms with Gasteiger partial charge in [0, 0.05) is 38.5 Å². The van der Waals surface area contributed by atoms with Gasteiger partial charge >= 0.3 is 5.97 Å². The lowest BCUT2D eigenvalue weighted by Gasteiger charge is -2.35. The summed E-state index contributed by atoms with van der Waals surface area (Å²) in [6.45, 7) is 4.16. The lowest BCUT2D eigenvalue weighted by Crippen LogP contribution is -2.44. The van der Waals surface area contributed by atoms with E-state index in [1.165, 1.54) is 0 Å². The van der Waals surface area contributed by atoms with Crippen LogP contribution in [0.1, 0.15) is 38.4 Å². The molecule has 1 aliphatic heterocycles. The number of hydrogen-bond acceptors (Lipinski definition) is 5. The molecule has 1 aromatic rings. The lowest BCUT2D eigenvalue weighted by atomic mass is 10.0. The summed E-state index contributed by atoms with van der Waals surface area (Å²) in [5.74, 6) is 0.622. The molecule has 1 aromatic heterocycles. The van der Waals surface area contributed by atoms with E-state index in [1.807, 2.05) is 4.90 Å². The Balaban J connectivity index is 1.84. The first-order chi connectivity index (χ1) is 12.4. The van der Waals surface area contributed by atoms with Gasteiger partial charge in [0.2, 0.25) is 5.91 Å². The van der Waals surface area contributed by atoms with Gasteiger partial charge in [-0.3, -0.25) is 9.59 Å². The molecule has 26 heavy (non-hydrogen) atoms. The molecule has 1 amide bonds. The van der Waals surface area contributed by atoms with Crippen molar-refractivity contribution in [3.05, 3.63) is 17.2 Å². The average molecular weight is 385 g/mol. The van der Waals surface area contributed by atoms with Crippen molar-refractivity contribution in [2.75, 3.05) is 33.8 Å². The molecule has 0 N–H and O–H groups in total. The van der Waals surface area contributed by atoms with Crippen LogP contribution in [-0.4, -0.2) is 71.1 Å². The molecular formula is C18H29ClN4O3. The fraction of sp³-hybridized carbons (Fsp3) is 0.722. The SMILES string of the molecule is CCOC(=O)CCn1c(Cl)cnc1CCC(=O)N1CCC(N(C)C)CC1. The normalized spacial score (nSPS) is 15.5. The Morgan fingerprint density at radius 1 is 1.31 bits per heavy atom. The number of hydrogen-bond donors (Lipinski definition) is 0. The Morgan fingerprint density at radius 2 is 2.00 bits per heavy atom. The van der Waals surface area contributed by atoms with Gasteiger partial charge in [0.15, 0.2) is 0 Å². The molecule has 7 nitrogen and oxygen atoms in total. The summed E-state index contributed by atoms with van der Waals surface area (Å²) in [6, 6.07) is 0.555. The van der Waals surface area contributed by atoms with Gasteiger partial charge in [-0.15, -0.1) is 0 Å². The van der Waals surface area contributed by atoms with E-state index in [4.69, 9.17) is 16.3 Å². The monoisotopic (exact) mass is 384 g/mol. The van der Waals surface area contributed by atoms with Gasteiger partial charge in [-0.1, -0.05) is 11.6 Å². The maximum absolute atomic E-state index is 12.5. The van der Waals surface area contributed by atoms with Crippen molar-refractivity contribution in [3.8, 4) is 0 Å². The molecule has 0 aliphatic carbocycles. The fourth-order valence-corrected chi connectivity index (χ4v) is 3.50. The number of piperidine rings is 1. The zero-order valence-corrected chi connectivity index (χ0v) is 16.7. The van der Waals surface area contributed by atoms with Gasteiger partial charge < -0.3 is 19.1 Å². The van der Waals surface area contributed by atoms with Gasteiger partial charge in [0.05, 0.1) is 19.2 Å². The maximum Gasteiger partial charge on any atom is 0.307 e. The highest BCUT2D eigenvalue weighted by Crippen LogP contribution is 2.17. The average Bonchev–Trinajstić information content (AvgIpc) is 2.98. The van der Waals surface area contributed by atoms with Crippen LogP contribution < -0.4 is 0 Å². The molecule has 1 saturated heterocycles. The van der Waals surface area contributed by atoms with Crippen LogP contribution in [0.2, 0.25) is 5.15 Å². The first-order valence-electron chi connectivity index (χ1n) is 9.22. The fourth-order valence-electron chi connectivity index (χ4n) is 3.27. The number of likely N-dealkylation sites (tertiary alicyclic amines) is 1. The quantitative estimate of drug-likeness (QED) is 0.641. The van der Waals surface area contributed by atoms with E-state index in [1.54, 1.807) is 17.7 Å². The minimum Gasteiger partial charge on any atom is -0.466 e. The first kappa shape index (κ1) is 20.7. The second kappa shape index (κ2) is 9.92. The Morgan fingerprint density at radius 3 is 2.62 bits per heavy atom. The van der Waals surface area contributed by atoms with Crippen molar-refractivity contribution in [1.29, 1.82) is 0 Å². The summed E-state index contributed by atoms with van der Waals surface area (Å²) in [5, 5.41) is 0.476. The second-order valence-electron chi connectivity index (χ2n) is 6.78. The molecule has 2 rings (SSSR count). The summed E-state index contributed by atoms with van der Waals surface area (Å²) in [6.07, 6.45) is 4.75. The van der Waals surface area contributed by atoms with Crippen LogP contribution in [0.15, 0.2) is 6.20 Å². The zero-order valence-electron chi connectivity index (χ0n) is 15.9. The van der Waals surface area contributed by atoms with Crippen molar-refractivity contribution in [2.24, 2.45) is 0 Å². The topological polar surface area (TPSA) is 67.7 Å². The minimum absolute atomic E-state index is 0.151. The number of imidazole rings is 1. The molecule has 0 spiro atoms. The summed E-state index contributed by atoms with van der Waals surface area (Å²) < 4.78 is 6.72. The molecule has 1 fully saturated rings. The molecule has 0 aromatic carbocycles. The number of carbonyl (C=O) groups is 2. The van der Waals surface area contributed by atoms with E-state index in [-0.39, 0.29) is 18.3 Å². The van der Waals surface area contributed by atoms with Gasteiger partial charge in [-0.25, -0.2) is 4.98 Å². The molecule has 0 unspecified atom stereocenters. The summed E-state index contributed by atoms with van der Waals surface area (Å²) in [5.41, 5.74) is 0. The number of halogens is 1. The molecule has 0 radical (unpaired) electrons. The number of esters is 1. The number of aryl methyl sites for hydroxylation is 1. The van der Waals surface area contributed by atoms with Gasteiger partial charge in [-0.05, 0) is 33.9 Å². The Kier molecular flexibility index (Phi) is 7.90. The smallest absolute Gasteiger partial charge is 0.307 e.